The van der Waals surface area contributed by atoms with Crippen LogP contribution in [0.1, 0.15) is 5.01 Å². The molecule has 0 aliphatic carbocycles. The number of nitrogens with zero attached hydrogens (tertiary/aromatic N) is 2. The molecule has 2 aromatic rings. The van der Waals surface area contributed by atoms with Gasteiger partial charge in [-0.2, -0.15) is 0 Å². The van der Waals surface area contributed by atoms with Gasteiger partial charge in [-0.1, -0.05) is 0 Å². The summed E-state index contributed by atoms with van der Waals surface area (Å²) in [5.41, 5.74) is 0. The van der Waals surface area contributed by atoms with Crippen molar-refractivity contribution in [2.24, 2.45) is 0 Å². The van der Waals surface area contributed by atoms with Gasteiger partial charge in [0, 0.05) is 17.8 Å². The van der Waals surface area contributed by atoms with Crippen LogP contribution < -0.4 is 0 Å². The molecular weight excluding hydrogens is 176 g/mol. The Bertz CT molecular complexity index is 337. The molecule has 0 aliphatic rings. The molecule has 56 valence electrons. The summed E-state index contributed by atoms with van der Waals surface area (Å²) in [6.45, 7) is 2.00. The number of aromatic nitrogens is 2. The third-order valence-electron chi connectivity index (χ3n) is 1.26. The van der Waals surface area contributed by atoms with Gasteiger partial charge in [-0.25, -0.2) is 9.97 Å². The van der Waals surface area contributed by atoms with Gasteiger partial charge in [0.05, 0.1) is 9.88 Å². The number of hydrogen-bond donors (Lipinski definition) is 0. The van der Waals surface area contributed by atoms with E-state index in [-0.39, 0.29) is 0 Å². The van der Waals surface area contributed by atoms with Crippen LogP contribution in [-0.2, 0) is 0 Å². The van der Waals surface area contributed by atoms with E-state index in [2.05, 4.69) is 9.97 Å². The second-order valence-corrected chi connectivity index (χ2v) is 4.21. The summed E-state index contributed by atoms with van der Waals surface area (Å²) in [5, 5.41) is 4.13. The van der Waals surface area contributed by atoms with Crippen molar-refractivity contribution < 1.29 is 0 Å². The van der Waals surface area contributed by atoms with Crippen LogP contribution in [0.4, 0.5) is 0 Å². The van der Waals surface area contributed by atoms with Crippen LogP contribution in [0.15, 0.2) is 17.8 Å². The van der Waals surface area contributed by atoms with Crippen LogP contribution in [0.3, 0.4) is 0 Å². The third-order valence-corrected chi connectivity index (χ3v) is 3.12. The van der Waals surface area contributed by atoms with Crippen molar-refractivity contribution in [2.45, 2.75) is 6.92 Å². The van der Waals surface area contributed by atoms with Gasteiger partial charge in [-0.3, -0.25) is 0 Å². The van der Waals surface area contributed by atoms with E-state index in [0.717, 1.165) is 14.9 Å². The summed E-state index contributed by atoms with van der Waals surface area (Å²) in [6, 6.07) is 0. The molecule has 2 nitrogen and oxygen atoms in total. The van der Waals surface area contributed by atoms with Gasteiger partial charge in [-0.15, -0.1) is 22.7 Å². The lowest BCUT2D eigenvalue weighted by atomic mass is 10.6. The molecule has 0 radical (unpaired) electrons. The molecule has 0 spiro atoms. The van der Waals surface area contributed by atoms with Gasteiger partial charge >= 0.3 is 0 Å². The maximum Gasteiger partial charge on any atom is 0.134 e. The van der Waals surface area contributed by atoms with Gasteiger partial charge in [0.25, 0.3) is 0 Å². The molecule has 0 fully saturated rings. The maximum absolute atomic E-state index is 4.19. The molecule has 0 unspecified atom stereocenters. The van der Waals surface area contributed by atoms with Gasteiger partial charge in [0.1, 0.15) is 5.01 Å². The minimum atomic E-state index is 1.07. The highest BCUT2D eigenvalue weighted by molar-refractivity contribution is 7.20. The molecule has 11 heavy (non-hydrogen) atoms. The monoisotopic (exact) mass is 182 g/mol. The summed E-state index contributed by atoms with van der Waals surface area (Å²) in [4.78, 5) is 9.51. The summed E-state index contributed by atoms with van der Waals surface area (Å²) in [7, 11) is 0. The third kappa shape index (κ3) is 1.32. The zero-order chi connectivity index (χ0) is 7.68. The Morgan fingerprint density at radius 3 is 2.82 bits per heavy atom. The van der Waals surface area contributed by atoms with Gasteiger partial charge in [0.15, 0.2) is 0 Å². The minimum Gasteiger partial charge on any atom is -0.249 e. The SMILES string of the molecule is Cc1ncc(-c2nccs2)s1. The molecule has 4 heteroatoms. The van der Waals surface area contributed by atoms with Crippen molar-refractivity contribution in [2.75, 3.05) is 0 Å². The quantitative estimate of drug-likeness (QED) is 0.677. The first-order valence-corrected chi connectivity index (χ1v) is 4.88. The van der Waals surface area contributed by atoms with Crippen LogP contribution in [0.2, 0.25) is 0 Å². The molecule has 0 amide bonds. The maximum atomic E-state index is 4.19. The van der Waals surface area contributed by atoms with Gasteiger partial charge in [0.2, 0.25) is 0 Å². The predicted octanol–water partition coefficient (Wildman–Crippen LogP) is 2.58. The van der Waals surface area contributed by atoms with E-state index in [9.17, 15) is 0 Å². The summed E-state index contributed by atoms with van der Waals surface area (Å²) < 4.78 is 0. The lowest BCUT2D eigenvalue weighted by Crippen LogP contribution is -1.64. The molecule has 0 bridgehead atoms. The van der Waals surface area contributed by atoms with E-state index in [4.69, 9.17) is 0 Å². The van der Waals surface area contributed by atoms with Crippen molar-refractivity contribution in [1.82, 2.24) is 9.97 Å². The topological polar surface area (TPSA) is 25.8 Å². The normalized spacial score (nSPS) is 10.3. The second kappa shape index (κ2) is 2.71. The van der Waals surface area contributed by atoms with E-state index >= 15 is 0 Å². The molecule has 0 atom stereocenters. The predicted molar refractivity (Wildman–Crippen MR) is 48.0 cm³/mol. The lowest BCUT2D eigenvalue weighted by molar-refractivity contribution is 1.30. The Labute approximate surface area is 72.6 Å². The van der Waals surface area contributed by atoms with Crippen molar-refractivity contribution in [3.63, 3.8) is 0 Å². The van der Waals surface area contributed by atoms with Crippen molar-refractivity contribution in [1.29, 1.82) is 0 Å². The molecule has 0 N–H and O–H groups in total. The fourth-order valence-corrected chi connectivity index (χ4v) is 2.28. The van der Waals surface area contributed by atoms with E-state index in [1.807, 2.05) is 24.7 Å². The summed E-state index contributed by atoms with van der Waals surface area (Å²) in [6.07, 6.45) is 3.69. The van der Waals surface area contributed by atoms with E-state index in [0.29, 0.717) is 0 Å². The fourth-order valence-electron chi connectivity index (χ4n) is 0.805. The molecule has 0 aliphatic heterocycles. The van der Waals surface area contributed by atoms with Crippen LogP contribution in [0, 0.1) is 6.92 Å². The average molecular weight is 182 g/mol. The Morgan fingerprint density at radius 1 is 1.36 bits per heavy atom. The van der Waals surface area contributed by atoms with Crippen molar-refractivity contribution >= 4 is 22.7 Å². The van der Waals surface area contributed by atoms with Crippen LogP contribution in [0.5, 0.6) is 0 Å². The smallest absolute Gasteiger partial charge is 0.134 e. The molecule has 2 rings (SSSR count). The number of hydrogen-bond acceptors (Lipinski definition) is 4. The zero-order valence-electron chi connectivity index (χ0n) is 5.94. The molecule has 0 saturated heterocycles. The van der Waals surface area contributed by atoms with Crippen LogP contribution >= 0.6 is 22.7 Å². The standard InChI is InChI=1S/C7H6N2S2/c1-5-9-4-6(11-5)7-8-2-3-10-7/h2-4H,1H3. The summed E-state index contributed by atoms with van der Waals surface area (Å²) in [5.74, 6) is 0. The van der Waals surface area contributed by atoms with Gasteiger partial charge < -0.3 is 0 Å². The Balaban J connectivity index is 2.45. The highest BCUT2D eigenvalue weighted by atomic mass is 32.1. The Morgan fingerprint density at radius 2 is 2.27 bits per heavy atom. The largest absolute Gasteiger partial charge is 0.249 e. The van der Waals surface area contributed by atoms with Crippen LogP contribution in [0.25, 0.3) is 9.88 Å². The number of rotatable bonds is 1. The first-order chi connectivity index (χ1) is 5.36. The molecule has 2 aromatic heterocycles. The average Bonchev–Trinajstić information content (AvgIpc) is 2.55. The molecule has 0 saturated carbocycles. The van der Waals surface area contributed by atoms with E-state index < -0.39 is 0 Å². The first kappa shape index (κ1) is 6.94. The highest BCUT2D eigenvalue weighted by Gasteiger charge is 2.02. The molecular formula is C7H6N2S2. The van der Waals surface area contributed by atoms with Crippen LogP contribution in [-0.4, -0.2) is 9.97 Å². The second-order valence-electron chi connectivity index (χ2n) is 2.08. The molecule has 2 heterocycles. The van der Waals surface area contributed by atoms with Crippen molar-refractivity contribution in [3.05, 3.63) is 22.8 Å². The van der Waals surface area contributed by atoms with Crippen molar-refractivity contribution in [3.8, 4) is 9.88 Å². The minimum absolute atomic E-state index is 1.07. The highest BCUT2D eigenvalue weighted by Crippen LogP contribution is 2.26. The fraction of sp³-hybridized carbons (Fsp3) is 0.143. The Kier molecular flexibility index (Phi) is 1.71. The lowest BCUT2D eigenvalue weighted by Gasteiger charge is -1.82. The Hall–Kier alpha value is -0.740. The van der Waals surface area contributed by atoms with E-state index in [1.165, 1.54) is 0 Å². The van der Waals surface area contributed by atoms with E-state index in [1.54, 1.807) is 22.7 Å². The number of thiazole rings is 2. The number of aryl methyl sites for hydroxylation is 1. The summed E-state index contributed by atoms with van der Waals surface area (Å²) >= 11 is 3.33. The zero-order valence-corrected chi connectivity index (χ0v) is 7.58. The first-order valence-electron chi connectivity index (χ1n) is 3.18. The van der Waals surface area contributed by atoms with Gasteiger partial charge in [-0.05, 0) is 6.92 Å². The molecule has 0 aromatic carbocycles.